The molecule has 17 heavy (non-hydrogen) atoms. The molecule has 0 unspecified atom stereocenters. The minimum absolute atomic E-state index is 0.263. The molecule has 1 aromatic carbocycles. The van der Waals surface area contributed by atoms with Crippen molar-refractivity contribution in [3.05, 3.63) is 41.1 Å². The van der Waals surface area contributed by atoms with Crippen LogP contribution in [-0.2, 0) is 13.2 Å². The lowest BCUT2D eigenvalue weighted by molar-refractivity contribution is 0.256. The first kappa shape index (κ1) is 11.6. The summed E-state index contributed by atoms with van der Waals surface area (Å²) >= 11 is 0. The summed E-state index contributed by atoms with van der Waals surface area (Å²) in [4.78, 5) is 0. The molecule has 5 heteroatoms. The molecule has 0 amide bonds. The van der Waals surface area contributed by atoms with E-state index in [-0.39, 0.29) is 6.61 Å². The van der Waals surface area contributed by atoms with Crippen LogP contribution >= 0.6 is 0 Å². The zero-order valence-electron chi connectivity index (χ0n) is 9.93. The number of hydrogen-bond acceptors (Lipinski definition) is 5. The summed E-state index contributed by atoms with van der Waals surface area (Å²) in [6.07, 6.45) is 0. The topological polar surface area (TPSA) is 74.2 Å². The van der Waals surface area contributed by atoms with Gasteiger partial charge in [-0.1, -0.05) is 18.2 Å². The number of aryl methyl sites for hydroxylation is 2. The van der Waals surface area contributed by atoms with E-state index in [0.717, 1.165) is 16.9 Å². The van der Waals surface area contributed by atoms with E-state index in [0.29, 0.717) is 18.3 Å². The van der Waals surface area contributed by atoms with Gasteiger partial charge < -0.3 is 14.9 Å². The Balaban J connectivity index is 2.13. The van der Waals surface area contributed by atoms with Crippen molar-refractivity contribution in [3.8, 4) is 5.75 Å². The molecule has 90 valence electrons. The van der Waals surface area contributed by atoms with Gasteiger partial charge in [0.15, 0.2) is 6.61 Å². The third kappa shape index (κ3) is 2.62. The Morgan fingerprint density at radius 2 is 2.12 bits per heavy atom. The third-order valence-corrected chi connectivity index (χ3v) is 2.42. The fraction of sp³-hybridized carbons (Fsp3) is 0.333. The average Bonchev–Trinajstić information content (AvgIpc) is 2.73. The largest absolute Gasteiger partial charge is 0.483 e. The average molecular weight is 233 g/mol. The minimum atomic E-state index is 0.263. The molecule has 5 nitrogen and oxygen atoms in total. The lowest BCUT2D eigenvalue weighted by Gasteiger charge is -2.11. The molecule has 0 atom stereocenters. The minimum Gasteiger partial charge on any atom is -0.483 e. The van der Waals surface area contributed by atoms with Gasteiger partial charge in [0, 0.05) is 19.0 Å². The zero-order valence-corrected chi connectivity index (χ0v) is 9.93. The summed E-state index contributed by atoms with van der Waals surface area (Å²) in [5, 5.41) is 7.62. The highest BCUT2D eigenvalue weighted by Gasteiger charge is 2.08. The molecule has 1 aromatic heterocycles. The van der Waals surface area contributed by atoms with Crippen molar-refractivity contribution < 1.29 is 9.15 Å². The first-order valence-electron chi connectivity index (χ1n) is 5.41. The monoisotopic (exact) mass is 233 g/mol. The van der Waals surface area contributed by atoms with Crippen molar-refractivity contribution in [1.82, 2.24) is 10.2 Å². The highest BCUT2D eigenvalue weighted by atomic mass is 16.5. The molecule has 0 saturated heterocycles. The van der Waals surface area contributed by atoms with E-state index in [2.05, 4.69) is 10.2 Å². The molecular formula is C12H15N3O2. The van der Waals surface area contributed by atoms with Crippen LogP contribution in [-0.4, -0.2) is 10.2 Å². The zero-order chi connectivity index (χ0) is 12.3. The van der Waals surface area contributed by atoms with Gasteiger partial charge in [-0.3, -0.25) is 0 Å². The summed E-state index contributed by atoms with van der Waals surface area (Å²) in [6.45, 7) is 4.43. The van der Waals surface area contributed by atoms with E-state index in [4.69, 9.17) is 14.9 Å². The predicted octanol–water partition coefficient (Wildman–Crippen LogP) is 1.72. The Bertz CT molecular complexity index is 508. The first-order chi connectivity index (χ1) is 8.20. The Morgan fingerprint density at radius 1 is 1.29 bits per heavy atom. The fourth-order valence-electron chi connectivity index (χ4n) is 1.61. The molecule has 1 heterocycles. The lowest BCUT2D eigenvalue weighted by atomic mass is 10.1. The predicted molar refractivity (Wildman–Crippen MR) is 62.4 cm³/mol. The fourth-order valence-corrected chi connectivity index (χ4v) is 1.61. The quantitative estimate of drug-likeness (QED) is 0.870. The molecule has 0 aliphatic carbocycles. The molecule has 2 N–H and O–H groups in total. The summed E-state index contributed by atoms with van der Waals surface area (Å²) in [5.74, 6) is 1.80. The van der Waals surface area contributed by atoms with Gasteiger partial charge in [0.25, 0.3) is 5.89 Å². The molecule has 2 rings (SSSR count). The van der Waals surface area contributed by atoms with Crippen LogP contribution in [0.15, 0.2) is 22.6 Å². The van der Waals surface area contributed by atoms with E-state index < -0.39 is 0 Å². The standard InChI is InChI=1S/C12H15N3O2/c1-8-4-3-5-10(6-13)12(8)16-7-11-15-14-9(2)17-11/h3-5H,6-7,13H2,1-2H3. The molecule has 0 spiro atoms. The van der Waals surface area contributed by atoms with E-state index >= 15 is 0 Å². The molecular weight excluding hydrogens is 218 g/mol. The molecule has 0 saturated carbocycles. The Kier molecular flexibility index (Phi) is 3.39. The number of hydrogen-bond donors (Lipinski definition) is 1. The molecule has 0 aliphatic rings. The van der Waals surface area contributed by atoms with Crippen LogP contribution in [0.25, 0.3) is 0 Å². The maximum absolute atomic E-state index is 5.68. The van der Waals surface area contributed by atoms with Crippen molar-refractivity contribution in [2.75, 3.05) is 0 Å². The summed E-state index contributed by atoms with van der Waals surface area (Å²) < 4.78 is 10.9. The van der Waals surface area contributed by atoms with Crippen molar-refractivity contribution >= 4 is 0 Å². The van der Waals surface area contributed by atoms with Gasteiger partial charge in [-0.2, -0.15) is 0 Å². The van der Waals surface area contributed by atoms with Crippen molar-refractivity contribution in [2.24, 2.45) is 5.73 Å². The summed E-state index contributed by atoms with van der Waals surface area (Å²) in [5.41, 5.74) is 7.68. The Hall–Kier alpha value is -1.88. The van der Waals surface area contributed by atoms with Crippen molar-refractivity contribution in [3.63, 3.8) is 0 Å². The maximum atomic E-state index is 5.68. The summed E-state index contributed by atoms with van der Waals surface area (Å²) in [6, 6.07) is 5.89. The van der Waals surface area contributed by atoms with E-state index in [1.54, 1.807) is 6.92 Å². The van der Waals surface area contributed by atoms with Gasteiger partial charge in [0.05, 0.1) is 0 Å². The number of aromatic nitrogens is 2. The summed E-state index contributed by atoms with van der Waals surface area (Å²) in [7, 11) is 0. The number of ether oxygens (including phenoxy) is 1. The van der Waals surface area contributed by atoms with Gasteiger partial charge in [0.2, 0.25) is 5.89 Å². The number of nitrogens with zero attached hydrogens (tertiary/aromatic N) is 2. The smallest absolute Gasteiger partial charge is 0.253 e. The SMILES string of the molecule is Cc1nnc(COc2c(C)cccc2CN)o1. The van der Waals surface area contributed by atoms with Gasteiger partial charge in [-0.05, 0) is 12.5 Å². The van der Waals surface area contributed by atoms with Crippen LogP contribution < -0.4 is 10.5 Å². The second-order valence-electron chi connectivity index (χ2n) is 3.77. The Labute approximate surface area is 99.6 Å². The van der Waals surface area contributed by atoms with Gasteiger partial charge in [0.1, 0.15) is 5.75 Å². The van der Waals surface area contributed by atoms with E-state index in [1.807, 2.05) is 25.1 Å². The molecule has 0 fully saturated rings. The van der Waals surface area contributed by atoms with Crippen LogP contribution in [0.1, 0.15) is 22.9 Å². The van der Waals surface area contributed by atoms with Crippen LogP contribution in [0.3, 0.4) is 0 Å². The van der Waals surface area contributed by atoms with Crippen molar-refractivity contribution in [2.45, 2.75) is 27.0 Å². The van der Waals surface area contributed by atoms with E-state index in [1.165, 1.54) is 0 Å². The lowest BCUT2D eigenvalue weighted by Crippen LogP contribution is -2.04. The van der Waals surface area contributed by atoms with Crippen LogP contribution in [0, 0.1) is 13.8 Å². The molecule has 2 aromatic rings. The highest BCUT2D eigenvalue weighted by molar-refractivity contribution is 5.40. The van der Waals surface area contributed by atoms with Crippen LogP contribution in [0.2, 0.25) is 0 Å². The Morgan fingerprint density at radius 3 is 2.76 bits per heavy atom. The molecule has 0 aliphatic heterocycles. The van der Waals surface area contributed by atoms with Gasteiger partial charge in [-0.25, -0.2) is 0 Å². The highest BCUT2D eigenvalue weighted by Crippen LogP contribution is 2.23. The maximum Gasteiger partial charge on any atom is 0.253 e. The van der Waals surface area contributed by atoms with E-state index in [9.17, 15) is 0 Å². The number of benzene rings is 1. The first-order valence-corrected chi connectivity index (χ1v) is 5.41. The van der Waals surface area contributed by atoms with Gasteiger partial charge in [-0.15, -0.1) is 10.2 Å². The second kappa shape index (κ2) is 4.97. The molecule has 0 radical (unpaired) electrons. The van der Waals surface area contributed by atoms with Crippen LogP contribution in [0.5, 0.6) is 5.75 Å². The number of rotatable bonds is 4. The number of para-hydroxylation sites is 1. The molecule has 0 bridgehead atoms. The van der Waals surface area contributed by atoms with Gasteiger partial charge >= 0.3 is 0 Å². The normalized spacial score (nSPS) is 10.5. The number of nitrogens with two attached hydrogens (primary N) is 1. The third-order valence-electron chi connectivity index (χ3n) is 2.42. The van der Waals surface area contributed by atoms with Crippen LogP contribution in [0.4, 0.5) is 0 Å². The van der Waals surface area contributed by atoms with Crippen molar-refractivity contribution in [1.29, 1.82) is 0 Å². The second-order valence-corrected chi connectivity index (χ2v) is 3.77.